The summed E-state index contributed by atoms with van der Waals surface area (Å²) in [5, 5.41) is 9.29. The first kappa shape index (κ1) is 12.1. The number of hydrogen-bond donors (Lipinski definition) is 1. The van der Waals surface area contributed by atoms with Crippen molar-refractivity contribution in [2.45, 2.75) is 13.0 Å². The molecule has 76 valence electrons. The van der Waals surface area contributed by atoms with Crippen molar-refractivity contribution in [3.05, 3.63) is 12.2 Å². The van der Waals surface area contributed by atoms with Gasteiger partial charge in [-0.15, -0.1) is 0 Å². The molecule has 1 amide bonds. The van der Waals surface area contributed by atoms with Gasteiger partial charge in [-0.25, -0.2) is 0 Å². The van der Waals surface area contributed by atoms with Crippen molar-refractivity contribution in [2.24, 2.45) is 0 Å². The zero-order chi connectivity index (χ0) is 10.3. The predicted octanol–water partition coefficient (Wildman–Crippen LogP) is 0.0282. The number of nitrogens with zero attached hydrogens (tertiary/aromatic N) is 1. The molecule has 0 bridgehead atoms. The van der Waals surface area contributed by atoms with Crippen LogP contribution in [-0.4, -0.2) is 49.3 Å². The van der Waals surface area contributed by atoms with Crippen molar-refractivity contribution in [1.29, 1.82) is 0 Å². The summed E-state index contributed by atoms with van der Waals surface area (Å²) < 4.78 is 4.74. The molecule has 0 spiro atoms. The third-order valence-electron chi connectivity index (χ3n) is 1.53. The summed E-state index contributed by atoms with van der Waals surface area (Å²) in [5.41, 5.74) is 0. The number of carbonyl (C=O) groups excluding carboxylic acids is 1. The Labute approximate surface area is 78.8 Å². The molecule has 0 heterocycles. The van der Waals surface area contributed by atoms with Gasteiger partial charge in [-0.2, -0.15) is 0 Å². The van der Waals surface area contributed by atoms with Crippen LogP contribution in [-0.2, 0) is 9.53 Å². The van der Waals surface area contributed by atoms with E-state index in [2.05, 4.69) is 0 Å². The van der Waals surface area contributed by atoms with Gasteiger partial charge in [0.15, 0.2) is 0 Å². The minimum atomic E-state index is -0.621. The maximum Gasteiger partial charge on any atom is 0.246 e. The number of allylic oxidation sites excluding steroid dienone is 1. The normalized spacial score (nSPS) is 13.2. The predicted molar refractivity (Wildman–Crippen MR) is 50.3 cm³/mol. The maximum absolute atomic E-state index is 11.2. The maximum atomic E-state index is 11.2. The molecule has 0 aliphatic carbocycles. The van der Waals surface area contributed by atoms with Gasteiger partial charge in [0, 0.05) is 20.7 Å². The summed E-state index contributed by atoms with van der Waals surface area (Å²) in [4.78, 5) is 12.6. The van der Waals surface area contributed by atoms with Gasteiger partial charge < -0.3 is 14.7 Å². The van der Waals surface area contributed by atoms with Crippen LogP contribution in [0.2, 0.25) is 0 Å². The summed E-state index contributed by atoms with van der Waals surface area (Å²) in [6, 6.07) is 0. The van der Waals surface area contributed by atoms with E-state index < -0.39 is 6.10 Å². The number of amides is 1. The standard InChI is InChI=1S/C9H17NO3/c1-4-5-9(12)10(2)6-8(11)7-13-3/h4-5,8,11H,6-7H2,1-3H3. The van der Waals surface area contributed by atoms with Crippen LogP contribution < -0.4 is 0 Å². The van der Waals surface area contributed by atoms with E-state index in [4.69, 9.17) is 4.74 Å². The molecule has 0 aromatic rings. The molecule has 0 aliphatic rings. The van der Waals surface area contributed by atoms with Crippen LogP contribution in [0, 0.1) is 0 Å². The van der Waals surface area contributed by atoms with Crippen molar-refractivity contribution in [1.82, 2.24) is 4.90 Å². The average molecular weight is 187 g/mol. The van der Waals surface area contributed by atoms with Crippen LogP contribution in [0.1, 0.15) is 6.92 Å². The molecule has 4 heteroatoms. The minimum absolute atomic E-state index is 0.113. The highest BCUT2D eigenvalue weighted by atomic mass is 16.5. The molecule has 1 N–H and O–H groups in total. The fourth-order valence-corrected chi connectivity index (χ4v) is 0.921. The Bertz CT molecular complexity index is 180. The van der Waals surface area contributed by atoms with Crippen molar-refractivity contribution in [2.75, 3.05) is 27.3 Å². The fraction of sp³-hybridized carbons (Fsp3) is 0.667. The molecule has 0 saturated carbocycles. The summed E-state index contributed by atoms with van der Waals surface area (Å²) in [6.07, 6.45) is 2.50. The van der Waals surface area contributed by atoms with E-state index in [1.165, 1.54) is 18.1 Å². The summed E-state index contributed by atoms with van der Waals surface area (Å²) in [7, 11) is 3.15. The SMILES string of the molecule is CC=CC(=O)N(C)CC(O)COC. The molecule has 1 atom stereocenters. The van der Waals surface area contributed by atoms with Crippen molar-refractivity contribution < 1.29 is 14.6 Å². The van der Waals surface area contributed by atoms with Crippen LogP contribution in [0.15, 0.2) is 12.2 Å². The highest BCUT2D eigenvalue weighted by Gasteiger charge is 2.10. The zero-order valence-electron chi connectivity index (χ0n) is 8.36. The lowest BCUT2D eigenvalue weighted by molar-refractivity contribution is -0.126. The topological polar surface area (TPSA) is 49.8 Å². The number of rotatable bonds is 5. The fourth-order valence-electron chi connectivity index (χ4n) is 0.921. The van der Waals surface area contributed by atoms with Gasteiger partial charge in [0.25, 0.3) is 0 Å². The first-order chi connectivity index (χ1) is 6.11. The summed E-state index contributed by atoms with van der Waals surface area (Å²) in [6.45, 7) is 2.31. The molecule has 0 fully saturated rings. The number of carbonyl (C=O) groups is 1. The monoisotopic (exact) mass is 187 g/mol. The second-order valence-corrected chi connectivity index (χ2v) is 2.83. The zero-order valence-corrected chi connectivity index (χ0v) is 8.36. The van der Waals surface area contributed by atoms with E-state index in [1.54, 1.807) is 20.0 Å². The molecular formula is C9H17NO3. The van der Waals surface area contributed by atoms with E-state index in [0.29, 0.717) is 0 Å². The Hall–Kier alpha value is -0.870. The summed E-state index contributed by atoms with van der Waals surface area (Å²) >= 11 is 0. The molecule has 0 aromatic carbocycles. The molecule has 0 saturated heterocycles. The Morgan fingerprint density at radius 2 is 2.31 bits per heavy atom. The van der Waals surface area contributed by atoms with Gasteiger partial charge in [-0.05, 0) is 13.0 Å². The van der Waals surface area contributed by atoms with Crippen LogP contribution in [0.3, 0.4) is 0 Å². The molecule has 0 aliphatic heterocycles. The number of aliphatic hydroxyl groups is 1. The van der Waals surface area contributed by atoms with Crippen molar-refractivity contribution >= 4 is 5.91 Å². The molecule has 0 aromatic heterocycles. The number of aliphatic hydroxyl groups excluding tert-OH is 1. The van der Waals surface area contributed by atoms with Gasteiger partial charge in [0.05, 0.1) is 12.7 Å². The number of hydrogen-bond acceptors (Lipinski definition) is 3. The highest BCUT2D eigenvalue weighted by molar-refractivity contribution is 5.87. The van der Waals surface area contributed by atoms with Gasteiger partial charge in [-0.1, -0.05) is 6.08 Å². The quantitative estimate of drug-likeness (QED) is 0.618. The van der Waals surface area contributed by atoms with Crippen LogP contribution in [0.25, 0.3) is 0 Å². The first-order valence-corrected chi connectivity index (χ1v) is 4.16. The van der Waals surface area contributed by atoms with Gasteiger partial charge in [0.2, 0.25) is 5.91 Å². The Kier molecular flexibility index (Phi) is 6.18. The third-order valence-corrected chi connectivity index (χ3v) is 1.53. The largest absolute Gasteiger partial charge is 0.389 e. The van der Waals surface area contributed by atoms with Crippen LogP contribution in [0.4, 0.5) is 0 Å². The molecule has 1 unspecified atom stereocenters. The number of likely N-dealkylation sites (N-methyl/N-ethyl adjacent to an activating group) is 1. The number of methoxy groups -OCH3 is 1. The van der Waals surface area contributed by atoms with Crippen LogP contribution >= 0.6 is 0 Å². The third kappa shape index (κ3) is 5.38. The lowest BCUT2D eigenvalue weighted by atomic mass is 10.3. The lowest BCUT2D eigenvalue weighted by Gasteiger charge is -2.18. The molecule has 13 heavy (non-hydrogen) atoms. The Morgan fingerprint density at radius 3 is 2.77 bits per heavy atom. The van der Waals surface area contributed by atoms with E-state index in [-0.39, 0.29) is 19.1 Å². The lowest BCUT2D eigenvalue weighted by Crippen LogP contribution is -2.35. The van der Waals surface area contributed by atoms with E-state index in [1.807, 2.05) is 0 Å². The van der Waals surface area contributed by atoms with Crippen LogP contribution in [0.5, 0.6) is 0 Å². The van der Waals surface area contributed by atoms with Gasteiger partial charge in [0.1, 0.15) is 0 Å². The molecule has 4 nitrogen and oxygen atoms in total. The van der Waals surface area contributed by atoms with Gasteiger partial charge in [-0.3, -0.25) is 4.79 Å². The molecule has 0 rings (SSSR count). The van der Waals surface area contributed by atoms with E-state index in [0.717, 1.165) is 0 Å². The molecular weight excluding hydrogens is 170 g/mol. The number of ether oxygens (including phenoxy) is 1. The Balaban J connectivity index is 3.84. The Morgan fingerprint density at radius 1 is 1.69 bits per heavy atom. The second-order valence-electron chi connectivity index (χ2n) is 2.83. The molecule has 0 radical (unpaired) electrons. The smallest absolute Gasteiger partial charge is 0.246 e. The van der Waals surface area contributed by atoms with E-state index in [9.17, 15) is 9.90 Å². The average Bonchev–Trinajstić information content (AvgIpc) is 2.05. The second kappa shape index (κ2) is 6.62. The van der Waals surface area contributed by atoms with Gasteiger partial charge >= 0.3 is 0 Å². The first-order valence-electron chi connectivity index (χ1n) is 4.16. The highest BCUT2D eigenvalue weighted by Crippen LogP contribution is 1.92. The summed E-state index contributed by atoms with van der Waals surface area (Å²) in [5.74, 6) is -0.113. The van der Waals surface area contributed by atoms with Crippen molar-refractivity contribution in [3.8, 4) is 0 Å². The minimum Gasteiger partial charge on any atom is -0.389 e. The van der Waals surface area contributed by atoms with E-state index >= 15 is 0 Å². The van der Waals surface area contributed by atoms with Crippen molar-refractivity contribution in [3.63, 3.8) is 0 Å².